The van der Waals surface area contributed by atoms with Gasteiger partial charge >= 0.3 is 0 Å². The van der Waals surface area contributed by atoms with E-state index in [0.29, 0.717) is 12.0 Å². The van der Waals surface area contributed by atoms with E-state index in [2.05, 4.69) is 30.3 Å². The van der Waals surface area contributed by atoms with Crippen LogP contribution < -0.4 is 0 Å². The summed E-state index contributed by atoms with van der Waals surface area (Å²) in [4.78, 5) is 17.8. The van der Waals surface area contributed by atoms with Crippen LogP contribution in [0.2, 0.25) is 0 Å². The molecule has 0 bridgehead atoms. The second-order valence-electron chi connectivity index (χ2n) is 5.60. The molecular formula is C14H23N3O. The molecule has 1 fully saturated rings. The lowest BCUT2D eigenvalue weighted by Gasteiger charge is -2.17. The Kier molecular flexibility index (Phi) is 3.73. The maximum atomic E-state index is 11.3. The molecule has 0 saturated carbocycles. The zero-order valence-electron chi connectivity index (χ0n) is 11.8. The predicted octanol–water partition coefficient (Wildman–Crippen LogP) is 2.18. The van der Waals surface area contributed by atoms with Gasteiger partial charge in [0.15, 0.2) is 0 Å². The van der Waals surface area contributed by atoms with E-state index in [1.165, 1.54) is 5.69 Å². The van der Waals surface area contributed by atoms with Gasteiger partial charge in [0, 0.05) is 44.4 Å². The summed E-state index contributed by atoms with van der Waals surface area (Å²) in [7, 11) is 0. The maximum absolute atomic E-state index is 11.3. The molecule has 0 aliphatic carbocycles. The van der Waals surface area contributed by atoms with E-state index in [-0.39, 0.29) is 5.91 Å². The zero-order valence-corrected chi connectivity index (χ0v) is 11.8. The highest BCUT2D eigenvalue weighted by Gasteiger charge is 2.26. The van der Waals surface area contributed by atoms with Crippen molar-refractivity contribution < 1.29 is 4.79 Å². The Labute approximate surface area is 109 Å². The molecule has 4 heteroatoms. The number of amides is 1. The van der Waals surface area contributed by atoms with Gasteiger partial charge in [-0.3, -0.25) is 4.79 Å². The Morgan fingerprint density at radius 3 is 2.83 bits per heavy atom. The Morgan fingerprint density at radius 2 is 2.28 bits per heavy atom. The van der Waals surface area contributed by atoms with Crippen molar-refractivity contribution in [1.82, 2.24) is 14.5 Å². The number of hydrogen-bond acceptors (Lipinski definition) is 2. The van der Waals surface area contributed by atoms with Crippen LogP contribution in [0.3, 0.4) is 0 Å². The third-order valence-corrected chi connectivity index (χ3v) is 3.78. The first-order valence-electron chi connectivity index (χ1n) is 6.77. The van der Waals surface area contributed by atoms with Crippen molar-refractivity contribution in [3.63, 3.8) is 0 Å². The van der Waals surface area contributed by atoms with Gasteiger partial charge < -0.3 is 9.47 Å². The molecule has 0 radical (unpaired) electrons. The Bertz CT molecular complexity index is 436. The summed E-state index contributed by atoms with van der Waals surface area (Å²) >= 11 is 0. The second-order valence-corrected chi connectivity index (χ2v) is 5.60. The molecule has 2 rings (SSSR count). The fraction of sp³-hybridized carbons (Fsp3) is 0.714. The lowest BCUT2D eigenvalue weighted by molar-refractivity contribution is -0.127. The molecule has 0 spiro atoms. The van der Waals surface area contributed by atoms with Crippen LogP contribution in [0, 0.1) is 12.8 Å². The number of carbonyl (C=O) groups is 1. The number of hydrogen-bond donors (Lipinski definition) is 0. The van der Waals surface area contributed by atoms with E-state index >= 15 is 0 Å². The maximum Gasteiger partial charge on any atom is 0.219 e. The van der Waals surface area contributed by atoms with Crippen LogP contribution in [-0.2, 0) is 11.2 Å². The third kappa shape index (κ3) is 2.57. The van der Waals surface area contributed by atoms with Crippen LogP contribution in [-0.4, -0.2) is 33.4 Å². The number of aryl methyl sites for hydroxylation is 1. The molecule has 1 aliphatic heterocycles. The summed E-state index contributed by atoms with van der Waals surface area (Å²) in [5.74, 6) is 1.92. The summed E-state index contributed by atoms with van der Waals surface area (Å²) in [6.45, 7) is 9.93. The van der Waals surface area contributed by atoms with Gasteiger partial charge in [-0.15, -0.1) is 0 Å². The molecule has 0 aromatic carbocycles. The molecule has 0 N–H and O–H groups in total. The van der Waals surface area contributed by atoms with Gasteiger partial charge in [-0.25, -0.2) is 4.98 Å². The quantitative estimate of drug-likeness (QED) is 0.823. The van der Waals surface area contributed by atoms with Crippen molar-refractivity contribution in [2.75, 3.05) is 13.1 Å². The van der Waals surface area contributed by atoms with Gasteiger partial charge in [-0.1, -0.05) is 0 Å². The number of aromatic nitrogens is 2. The van der Waals surface area contributed by atoms with Crippen LogP contribution in [0.1, 0.15) is 44.8 Å². The first-order valence-corrected chi connectivity index (χ1v) is 6.77. The molecule has 1 aromatic heterocycles. The fourth-order valence-corrected chi connectivity index (χ4v) is 2.90. The zero-order chi connectivity index (χ0) is 13.3. The molecule has 100 valence electrons. The SMILES string of the molecule is CC(=O)N1CCC(Cc2ncc(C)n2C(C)C)C1. The second kappa shape index (κ2) is 5.12. The van der Waals surface area contributed by atoms with Crippen LogP contribution in [0.15, 0.2) is 6.20 Å². The van der Waals surface area contributed by atoms with Crippen molar-refractivity contribution in [2.45, 2.75) is 46.6 Å². The van der Waals surface area contributed by atoms with E-state index in [4.69, 9.17) is 0 Å². The summed E-state index contributed by atoms with van der Waals surface area (Å²) in [5, 5.41) is 0. The molecule has 1 amide bonds. The summed E-state index contributed by atoms with van der Waals surface area (Å²) in [6.07, 6.45) is 4.03. The number of nitrogens with zero attached hydrogens (tertiary/aromatic N) is 3. The minimum atomic E-state index is 0.195. The summed E-state index contributed by atoms with van der Waals surface area (Å²) in [5.41, 5.74) is 1.22. The molecule has 4 nitrogen and oxygen atoms in total. The molecule has 1 aromatic rings. The van der Waals surface area contributed by atoms with Crippen LogP contribution in [0.5, 0.6) is 0 Å². The highest BCUT2D eigenvalue weighted by molar-refractivity contribution is 5.73. The number of likely N-dealkylation sites (tertiary alicyclic amines) is 1. The van der Waals surface area contributed by atoms with Crippen molar-refractivity contribution in [2.24, 2.45) is 5.92 Å². The Balaban J connectivity index is 2.05. The van der Waals surface area contributed by atoms with Crippen LogP contribution >= 0.6 is 0 Å². The Hall–Kier alpha value is -1.32. The Morgan fingerprint density at radius 1 is 1.56 bits per heavy atom. The summed E-state index contributed by atoms with van der Waals surface area (Å²) < 4.78 is 2.30. The standard InChI is InChI=1S/C14H23N3O/c1-10(2)17-11(3)8-15-14(17)7-13-5-6-16(9-13)12(4)18/h8,10,13H,5-7,9H2,1-4H3. The van der Waals surface area contributed by atoms with Gasteiger partial charge in [0.2, 0.25) is 5.91 Å². The van der Waals surface area contributed by atoms with Gasteiger partial charge in [-0.2, -0.15) is 0 Å². The average molecular weight is 249 g/mol. The highest BCUT2D eigenvalue weighted by Crippen LogP contribution is 2.22. The highest BCUT2D eigenvalue weighted by atomic mass is 16.2. The van der Waals surface area contributed by atoms with E-state index in [1.54, 1.807) is 6.92 Å². The number of carbonyl (C=O) groups excluding carboxylic acids is 1. The van der Waals surface area contributed by atoms with Gasteiger partial charge in [0.05, 0.1) is 0 Å². The predicted molar refractivity (Wildman–Crippen MR) is 71.4 cm³/mol. The number of rotatable bonds is 3. The smallest absolute Gasteiger partial charge is 0.219 e. The summed E-state index contributed by atoms with van der Waals surface area (Å²) in [6, 6.07) is 0.452. The van der Waals surface area contributed by atoms with Gasteiger partial charge in [0.1, 0.15) is 5.82 Å². The molecule has 1 aliphatic rings. The van der Waals surface area contributed by atoms with Crippen LogP contribution in [0.25, 0.3) is 0 Å². The van der Waals surface area contributed by atoms with Crippen molar-refractivity contribution in [1.29, 1.82) is 0 Å². The van der Waals surface area contributed by atoms with Gasteiger partial charge in [-0.05, 0) is 33.1 Å². The van der Waals surface area contributed by atoms with E-state index < -0.39 is 0 Å². The first kappa shape index (κ1) is 13.1. The monoisotopic (exact) mass is 249 g/mol. The molecule has 1 unspecified atom stereocenters. The molecule has 1 saturated heterocycles. The largest absolute Gasteiger partial charge is 0.343 e. The van der Waals surface area contributed by atoms with E-state index in [0.717, 1.165) is 31.8 Å². The average Bonchev–Trinajstić information content (AvgIpc) is 2.86. The lowest BCUT2D eigenvalue weighted by Crippen LogP contribution is -2.26. The fourth-order valence-electron chi connectivity index (χ4n) is 2.90. The third-order valence-electron chi connectivity index (χ3n) is 3.78. The minimum absolute atomic E-state index is 0.195. The normalized spacial score (nSPS) is 19.8. The molecule has 2 heterocycles. The van der Waals surface area contributed by atoms with E-state index in [1.807, 2.05) is 11.1 Å². The lowest BCUT2D eigenvalue weighted by atomic mass is 10.0. The van der Waals surface area contributed by atoms with Gasteiger partial charge in [0.25, 0.3) is 0 Å². The minimum Gasteiger partial charge on any atom is -0.343 e. The van der Waals surface area contributed by atoms with Crippen molar-refractivity contribution in [3.8, 4) is 0 Å². The van der Waals surface area contributed by atoms with Crippen molar-refractivity contribution >= 4 is 5.91 Å². The molecule has 18 heavy (non-hydrogen) atoms. The molecule has 1 atom stereocenters. The topological polar surface area (TPSA) is 38.1 Å². The van der Waals surface area contributed by atoms with Crippen molar-refractivity contribution in [3.05, 3.63) is 17.7 Å². The molecular weight excluding hydrogens is 226 g/mol. The first-order chi connectivity index (χ1) is 8.49. The number of imidazole rings is 1. The van der Waals surface area contributed by atoms with Crippen LogP contribution in [0.4, 0.5) is 0 Å². The van der Waals surface area contributed by atoms with E-state index in [9.17, 15) is 4.79 Å².